The van der Waals surface area contributed by atoms with Gasteiger partial charge in [-0.1, -0.05) is 11.6 Å². The fraction of sp³-hybridized carbons (Fsp3) is 0.409. The normalized spacial score (nSPS) is 14.1. The molecule has 144 valence electrons. The Kier molecular flexibility index (Phi) is 6.62. The van der Waals surface area contributed by atoms with Crippen LogP contribution in [0.1, 0.15) is 47.7 Å². The standard InChI is InChI=1S/C22H26ClNO3/c1-3-26-21-10-7-17(22(25)24-11-5-4-6-12-24)14-18(21)15-27-19-8-9-20(23)16(2)13-19/h7-10,13-14H,3-6,11-12,15H2,1-2H3. The summed E-state index contributed by atoms with van der Waals surface area (Å²) in [5, 5.41) is 0.714. The summed E-state index contributed by atoms with van der Waals surface area (Å²) in [5.41, 5.74) is 2.52. The Bertz CT molecular complexity index is 800. The van der Waals surface area contributed by atoms with Crippen molar-refractivity contribution in [1.82, 2.24) is 4.90 Å². The van der Waals surface area contributed by atoms with Gasteiger partial charge in [-0.15, -0.1) is 0 Å². The van der Waals surface area contributed by atoms with Gasteiger partial charge in [0.05, 0.1) is 6.61 Å². The van der Waals surface area contributed by atoms with E-state index in [-0.39, 0.29) is 5.91 Å². The first kappa shape index (κ1) is 19.6. The van der Waals surface area contributed by atoms with Gasteiger partial charge >= 0.3 is 0 Å². The van der Waals surface area contributed by atoms with E-state index in [0.717, 1.165) is 48.6 Å². The van der Waals surface area contributed by atoms with Crippen molar-refractivity contribution >= 4 is 17.5 Å². The van der Waals surface area contributed by atoms with E-state index in [2.05, 4.69) is 0 Å². The van der Waals surface area contributed by atoms with Crippen LogP contribution in [0.25, 0.3) is 0 Å². The van der Waals surface area contributed by atoms with Gasteiger partial charge in [-0.2, -0.15) is 0 Å². The first-order valence-corrected chi connectivity index (χ1v) is 9.90. The summed E-state index contributed by atoms with van der Waals surface area (Å²) in [7, 11) is 0. The summed E-state index contributed by atoms with van der Waals surface area (Å²) in [4.78, 5) is 14.7. The second kappa shape index (κ2) is 9.14. The molecule has 0 aliphatic carbocycles. The Balaban J connectivity index is 1.78. The monoisotopic (exact) mass is 387 g/mol. The maximum Gasteiger partial charge on any atom is 0.253 e. The first-order valence-electron chi connectivity index (χ1n) is 9.52. The smallest absolute Gasteiger partial charge is 0.253 e. The van der Waals surface area contributed by atoms with Gasteiger partial charge in [-0.25, -0.2) is 0 Å². The van der Waals surface area contributed by atoms with Crippen LogP contribution in [0.15, 0.2) is 36.4 Å². The van der Waals surface area contributed by atoms with Crippen LogP contribution in [0.4, 0.5) is 0 Å². The fourth-order valence-corrected chi connectivity index (χ4v) is 3.39. The zero-order valence-corrected chi connectivity index (χ0v) is 16.7. The number of hydrogen-bond acceptors (Lipinski definition) is 3. The second-order valence-corrected chi connectivity index (χ2v) is 7.22. The van der Waals surface area contributed by atoms with E-state index >= 15 is 0 Å². The second-order valence-electron chi connectivity index (χ2n) is 6.81. The molecule has 0 aromatic heterocycles. The van der Waals surface area contributed by atoms with Crippen molar-refractivity contribution in [3.8, 4) is 11.5 Å². The number of likely N-dealkylation sites (tertiary alicyclic amines) is 1. The molecule has 5 heteroatoms. The zero-order chi connectivity index (χ0) is 19.2. The number of carbonyl (C=O) groups is 1. The topological polar surface area (TPSA) is 38.8 Å². The highest BCUT2D eigenvalue weighted by Gasteiger charge is 2.19. The lowest BCUT2D eigenvalue weighted by molar-refractivity contribution is 0.0724. The number of rotatable bonds is 6. The third-order valence-corrected chi connectivity index (χ3v) is 5.20. The Morgan fingerprint density at radius 1 is 1.07 bits per heavy atom. The first-order chi connectivity index (χ1) is 13.1. The largest absolute Gasteiger partial charge is 0.493 e. The lowest BCUT2D eigenvalue weighted by Gasteiger charge is -2.27. The maximum absolute atomic E-state index is 12.8. The summed E-state index contributed by atoms with van der Waals surface area (Å²) in [6, 6.07) is 11.2. The SMILES string of the molecule is CCOc1ccc(C(=O)N2CCCCC2)cc1COc1ccc(Cl)c(C)c1. The molecule has 2 aromatic carbocycles. The number of nitrogens with zero attached hydrogens (tertiary/aromatic N) is 1. The maximum atomic E-state index is 12.8. The molecule has 0 radical (unpaired) electrons. The summed E-state index contributed by atoms with van der Waals surface area (Å²) >= 11 is 6.08. The van der Waals surface area contributed by atoms with E-state index in [4.69, 9.17) is 21.1 Å². The predicted octanol–water partition coefficient (Wildman–Crippen LogP) is 5.25. The van der Waals surface area contributed by atoms with Gasteiger partial charge in [-0.05, 0) is 75.1 Å². The molecule has 3 rings (SSSR count). The van der Waals surface area contributed by atoms with Crippen molar-refractivity contribution in [1.29, 1.82) is 0 Å². The summed E-state index contributed by atoms with van der Waals surface area (Å²) < 4.78 is 11.7. The molecule has 1 heterocycles. The minimum Gasteiger partial charge on any atom is -0.493 e. The summed E-state index contributed by atoms with van der Waals surface area (Å²) in [5.74, 6) is 1.58. The van der Waals surface area contributed by atoms with Crippen LogP contribution in [0.5, 0.6) is 11.5 Å². The Morgan fingerprint density at radius 2 is 1.85 bits per heavy atom. The van der Waals surface area contributed by atoms with Gasteiger partial charge in [0.25, 0.3) is 5.91 Å². The predicted molar refractivity (Wildman–Crippen MR) is 108 cm³/mol. The third-order valence-electron chi connectivity index (χ3n) is 4.77. The molecule has 0 bridgehead atoms. The molecule has 4 nitrogen and oxygen atoms in total. The molecule has 1 amide bonds. The van der Waals surface area contributed by atoms with Crippen molar-refractivity contribution in [2.24, 2.45) is 0 Å². The Morgan fingerprint density at radius 3 is 2.56 bits per heavy atom. The average Bonchev–Trinajstić information content (AvgIpc) is 2.70. The molecular weight excluding hydrogens is 362 g/mol. The van der Waals surface area contributed by atoms with Crippen LogP contribution < -0.4 is 9.47 Å². The van der Waals surface area contributed by atoms with Crippen molar-refractivity contribution in [3.63, 3.8) is 0 Å². The van der Waals surface area contributed by atoms with Gasteiger partial charge in [0.2, 0.25) is 0 Å². The molecule has 1 aliphatic rings. The highest BCUT2D eigenvalue weighted by Crippen LogP contribution is 2.26. The summed E-state index contributed by atoms with van der Waals surface area (Å²) in [6.45, 7) is 6.45. The quantitative estimate of drug-likeness (QED) is 0.679. The van der Waals surface area contributed by atoms with Gasteiger partial charge < -0.3 is 14.4 Å². The van der Waals surface area contributed by atoms with Gasteiger partial charge in [0.1, 0.15) is 18.1 Å². The van der Waals surface area contributed by atoms with E-state index in [1.54, 1.807) is 0 Å². The number of halogens is 1. The van der Waals surface area contributed by atoms with Gasteiger partial charge in [-0.3, -0.25) is 4.79 Å². The molecule has 0 N–H and O–H groups in total. The lowest BCUT2D eigenvalue weighted by atomic mass is 10.1. The molecule has 1 saturated heterocycles. The number of benzene rings is 2. The molecule has 1 fully saturated rings. The minimum absolute atomic E-state index is 0.0846. The molecular formula is C22H26ClNO3. The summed E-state index contributed by atoms with van der Waals surface area (Å²) in [6.07, 6.45) is 3.36. The van der Waals surface area contributed by atoms with Crippen LogP contribution in [0.3, 0.4) is 0 Å². The van der Waals surface area contributed by atoms with Crippen LogP contribution in [-0.4, -0.2) is 30.5 Å². The van der Waals surface area contributed by atoms with Crippen LogP contribution in [-0.2, 0) is 6.61 Å². The Hall–Kier alpha value is -2.20. The number of amides is 1. The van der Waals surface area contributed by atoms with Crippen molar-refractivity contribution in [3.05, 3.63) is 58.1 Å². The van der Waals surface area contributed by atoms with Crippen LogP contribution in [0, 0.1) is 6.92 Å². The molecule has 2 aromatic rings. The lowest BCUT2D eigenvalue weighted by Crippen LogP contribution is -2.35. The third kappa shape index (κ3) is 4.95. The minimum atomic E-state index is 0.0846. The number of ether oxygens (including phenoxy) is 2. The molecule has 0 unspecified atom stereocenters. The van der Waals surface area contributed by atoms with E-state index in [9.17, 15) is 4.79 Å². The molecule has 1 aliphatic heterocycles. The average molecular weight is 388 g/mol. The highest BCUT2D eigenvalue weighted by atomic mass is 35.5. The molecule has 0 atom stereocenters. The van der Waals surface area contributed by atoms with Gasteiger partial charge in [0.15, 0.2) is 0 Å². The van der Waals surface area contributed by atoms with E-state index in [0.29, 0.717) is 23.8 Å². The van der Waals surface area contributed by atoms with E-state index < -0.39 is 0 Å². The Labute approximate surface area is 166 Å². The van der Waals surface area contributed by atoms with E-state index in [1.165, 1.54) is 6.42 Å². The van der Waals surface area contributed by atoms with Crippen LogP contribution in [0.2, 0.25) is 5.02 Å². The highest BCUT2D eigenvalue weighted by molar-refractivity contribution is 6.31. The van der Waals surface area contributed by atoms with Crippen LogP contribution >= 0.6 is 11.6 Å². The van der Waals surface area contributed by atoms with Gasteiger partial charge in [0, 0.05) is 29.2 Å². The van der Waals surface area contributed by atoms with Crippen molar-refractivity contribution < 1.29 is 14.3 Å². The van der Waals surface area contributed by atoms with Crippen molar-refractivity contribution in [2.45, 2.75) is 39.7 Å². The number of piperidine rings is 1. The molecule has 0 saturated carbocycles. The molecule has 27 heavy (non-hydrogen) atoms. The zero-order valence-electron chi connectivity index (χ0n) is 16.0. The number of aryl methyl sites for hydroxylation is 1. The van der Waals surface area contributed by atoms with E-state index in [1.807, 2.05) is 55.1 Å². The number of hydrogen-bond donors (Lipinski definition) is 0. The number of carbonyl (C=O) groups excluding carboxylic acids is 1. The fourth-order valence-electron chi connectivity index (χ4n) is 3.27. The molecule has 0 spiro atoms. The van der Waals surface area contributed by atoms with Crippen molar-refractivity contribution in [2.75, 3.05) is 19.7 Å².